The standard InChI is InChI=1S/C28H18N6S/c1-2-8-18(9-3-1)23-20-13-12-17-7-4-5-10-19(17)24(20)34-26(33-23)25-29-16-14-22(31-25)28-32-21-11-6-15-30-27(21)35-28/h1-16,28,32H. The molecular weight excluding hydrogens is 452 g/mol. The summed E-state index contributed by atoms with van der Waals surface area (Å²) in [5, 5.41) is 7.63. The van der Waals surface area contributed by atoms with Gasteiger partial charge in [0.25, 0.3) is 0 Å². The molecule has 1 unspecified atom stereocenters. The number of benzene rings is 3. The first-order chi connectivity index (χ1) is 17.3. The Morgan fingerprint density at radius 3 is 2.46 bits per heavy atom. The molecule has 0 radical (unpaired) electrons. The molecule has 0 fully saturated rings. The van der Waals surface area contributed by atoms with Gasteiger partial charge in [0, 0.05) is 28.7 Å². The number of hydrogen-bond donors (Lipinski definition) is 1. The Hall–Kier alpha value is -4.36. The molecule has 6 nitrogen and oxygen atoms in total. The summed E-state index contributed by atoms with van der Waals surface area (Å²) in [7, 11) is 0. The van der Waals surface area contributed by atoms with E-state index >= 15 is 0 Å². The molecule has 0 amide bonds. The molecule has 0 aliphatic carbocycles. The van der Waals surface area contributed by atoms with Gasteiger partial charge in [0.05, 0.1) is 22.6 Å². The Morgan fingerprint density at radius 2 is 1.54 bits per heavy atom. The van der Waals surface area contributed by atoms with E-state index in [1.165, 1.54) is 0 Å². The summed E-state index contributed by atoms with van der Waals surface area (Å²) in [4.78, 5) is 23.9. The molecule has 1 aliphatic heterocycles. The van der Waals surface area contributed by atoms with E-state index in [2.05, 4.69) is 51.7 Å². The smallest absolute Gasteiger partial charge is 0.198 e. The Morgan fingerprint density at radius 1 is 0.657 bits per heavy atom. The van der Waals surface area contributed by atoms with Gasteiger partial charge in [0.2, 0.25) is 0 Å². The van der Waals surface area contributed by atoms with Crippen LogP contribution in [0, 0.1) is 0 Å². The fourth-order valence-corrected chi connectivity index (χ4v) is 5.45. The second kappa shape index (κ2) is 8.14. The van der Waals surface area contributed by atoms with E-state index in [9.17, 15) is 0 Å². The van der Waals surface area contributed by atoms with Gasteiger partial charge in [-0.05, 0) is 29.7 Å². The zero-order valence-electron chi connectivity index (χ0n) is 18.5. The molecule has 7 rings (SSSR count). The quantitative estimate of drug-likeness (QED) is 0.295. The molecule has 1 N–H and O–H groups in total. The molecule has 1 atom stereocenters. The van der Waals surface area contributed by atoms with Crippen molar-refractivity contribution in [3.05, 3.63) is 103 Å². The largest absolute Gasteiger partial charge is 0.366 e. The van der Waals surface area contributed by atoms with E-state index in [1.54, 1.807) is 24.2 Å². The third kappa shape index (κ3) is 3.48. The van der Waals surface area contributed by atoms with E-state index < -0.39 is 0 Å². The van der Waals surface area contributed by atoms with Gasteiger partial charge in [-0.25, -0.2) is 24.9 Å². The van der Waals surface area contributed by atoms with Crippen LogP contribution >= 0.6 is 11.8 Å². The predicted octanol–water partition coefficient (Wildman–Crippen LogP) is 6.52. The third-order valence-electron chi connectivity index (χ3n) is 6.07. The van der Waals surface area contributed by atoms with Gasteiger partial charge < -0.3 is 5.32 Å². The summed E-state index contributed by atoms with van der Waals surface area (Å²) in [6.07, 6.45) is 3.58. The summed E-state index contributed by atoms with van der Waals surface area (Å²) < 4.78 is 0. The van der Waals surface area contributed by atoms with Gasteiger partial charge in [-0.15, -0.1) is 0 Å². The number of fused-ring (bicyclic) bond motifs is 4. The average molecular weight is 471 g/mol. The molecule has 166 valence electrons. The van der Waals surface area contributed by atoms with Crippen molar-refractivity contribution in [2.75, 3.05) is 5.32 Å². The van der Waals surface area contributed by atoms with Crippen molar-refractivity contribution < 1.29 is 0 Å². The molecule has 4 heterocycles. The molecule has 3 aromatic heterocycles. The van der Waals surface area contributed by atoms with Crippen molar-refractivity contribution in [3.63, 3.8) is 0 Å². The number of hydrogen-bond acceptors (Lipinski definition) is 7. The van der Waals surface area contributed by atoms with Crippen molar-refractivity contribution in [3.8, 4) is 22.9 Å². The van der Waals surface area contributed by atoms with Crippen molar-refractivity contribution in [1.29, 1.82) is 0 Å². The first kappa shape index (κ1) is 20.1. The van der Waals surface area contributed by atoms with Crippen molar-refractivity contribution in [2.24, 2.45) is 0 Å². The Balaban J connectivity index is 1.40. The van der Waals surface area contributed by atoms with Gasteiger partial charge >= 0.3 is 0 Å². The molecule has 0 saturated heterocycles. The lowest BCUT2D eigenvalue weighted by atomic mass is 10.0. The third-order valence-corrected chi connectivity index (χ3v) is 7.21. The van der Waals surface area contributed by atoms with Crippen LogP contribution in [0.3, 0.4) is 0 Å². The van der Waals surface area contributed by atoms with Crippen LogP contribution in [-0.4, -0.2) is 24.9 Å². The topological polar surface area (TPSA) is 76.5 Å². The van der Waals surface area contributed by atoms with Crippen molar-refractivity contribution in [2.45, 2.75) is 10.4 Å². The second-order valence-electron chi connectivity index (χ2n) is 8.25. The predicted molar refractivity (Wildman–Crippen MR) is 140 cm³/mol. The first-order valence-corrected chi connectivity index (χ1v) is 12.2. The number of rotatable bonds is 3. The maximum Gasteiger partial charge on any atom is 0.198 e. The van der Waals surface area contributed by atoms with E-state index in [4.69, 9.17) is 15.0 Å². The van der Waals surface area contributed by atoms with E-state index in [-0.39, 0.29) is 5.37 Å². The monoisotopic (exact) mass is 470 g/mol. The Kier molecular flexibility index (Phi) is 4.67. The average Bonchev–Trinajstić information content (AvgIpc) is 3.37. The van der Waals surface area contributed by atoms with Crippen molar-refractivity contribution in [1.82, 2.24) is 24.9 Å². The molecule has 1 aliphatic rings. The minimum atomic E-state index is -0.0449. The summed E-state index contributed by atoms with van der Waals surface area (Å²) in [5.41, 5.74) is 4.67. The number of nitrogens with zero attached hydrogens (tertiary/aromatic N) is 5. The summed E-state index contributed by atoms with van der Waals surface area (Å²) in [5.74, 6) is 1.01. The van der Waals surface area contributed by atoms with E-state index in [1.807, 2.05) is 48.5 Å². The summed E-state index contributed by atoms with van der Waals surface area (Å²) in [6, 6.07) is 28.6. The van der Waals surface area contributed by atoms with Crippen LogP contribution in [0.2, 0.25) is 0 Å². The van der Waals surface area contributed by atoms with Gasteiger partial charge in [-0.2, -0.15) is 0 Å². The van der Waals surface area contributed by atoms with E-state index in [0.29, 0.717) is 11.6 Å². The number of anilines is 1. The van der Waals surface area contributed by atoms with Crippen LogP contribution in [0.15, 0.2) is 102 Å². The van der Waals surface area contributed by atoms with Crippen LogP contribution in [0.1, 0.15) is 11.1 Å². The second-order valence-corrected chi connectivity index (χ2v) is 9.34. The highest BCUT2D eigenvalue weighted by atomic mass is 32.2. The first-order valence-electron chi connectivity index (χ1n) is 11.3. The molecule has 35 heavy (non-hydrogen) atoms. The highest BCUT2D eigenvalue weighted by Crippen LogP contribution is 2.44. The minimum Gasteiger partial charge on any atom is -0.366 e. The highest BCUT2D eigenvalue weighted by Gasteiger charge is 2.25. The lowest BCUT2D eigenvalue weighted by molar-refractivity contribution is 0.987. The van der Waals surface area contributed by atoms with Crippen LogP contribution < -0.4 is 5.32 Å². The summed E-state index contributed by atoms with van der Waals surface area (Å²) >= 11 is 1.64. The van der Waals surface area contributed by atoms with Crippen LogP contribution in [0.5, 0.6) is 0 Å². The van der Waals surface area contributed by atoms with Gasteiger partial charge in [-0.3, -0.25) is 0 Å². The molecular formula is C28H18N6S. The lowest BCUT2D eigenvalue weighted by Gasteiger charge is -2.12. The lowest BCUT2D eigenvalue weighted by Crippen LogP contribution is -2.06. The molecule has 0 saturated carbocycles. The van der Waals surface area contributed by atoms with Gasteiger partial charge in [0.15, 0.2) is 11.6 Å². The van der Waals surface area contributed by atoms with Crippen LogP contribution in [0.25, 0.3) is 44.6 Å². The van der Waals surface area contributed by atoms with Gasteiger partial charge in [-0.1, -0.05) is 72.4 Å². The maximum atomic E-state index is 4.99. The zero-order chi connectivity index (χ0) is 23.2. The van der Waals surface area contributed by atoms with Crippen LogP contribution in [0.4, 0.5) is 5.69 Å². The number of nitrogens with one attached hydrogen (secondary N) is 1. The molecule has 0 bridgehead atoms. The molecule has 7 heteroatoms. The Bertz CT molecular complexity index is 1700. The number of aromatic nitrogens is 5. The Labute approximate surface area is 205 Å². The maximum absolute atomic E-state index is 4.99. The molecule has 0 spiro atoms. The number of pyridine rings is 1. The fourth-order valence-electron chi connectivity index (χ4n) is 4.42. The normalized spacial score (nSPS) is 14.7. The fraction of sp³-hybridized carbons (Fsp3) is 0.0357. The SMILES string of the molecule is c1ccc(-c2nc(-c3nccc(C4Nc5cccnc5S4)n3)nc3c2ccc2ccccc23)cc1. The molecule has 3 aromatic carbocycles. The zero-order valence-corrected chi connectivity index (χ0v) is 19.3. The highest BCUT2D eigenvalue weighted by molar-refractivity contribution is 8.00. The minimum absolute atomic E-state index is 0.0449. The number of thioether (sulfide) groups is 1. The van der Waals surface area contributed by atoms with Crippen LogP contribution in [-0.2, 0) is 0 Å². The molecule has 6 aromatic rings. The summed E-state index contributed by atoms with van der Waals surface area (Å²) in [6.45, 7) is 0. The van der Waals surface area contributed by atoms with Gasteiger partial charge in [0.1, 0.15) is 10.4 Å². The van der Waals surface area contributed by atoms with Crippen molar-refractivity contribution >= 4 is 39.1 Å². The van der Waals surface area contributed by atoms with E-state index in [0.717, 1.165) is 49.3 Å².